The molecule has 0 aromatic rings. The average Bonchev–Trinajstić information content (AvgIpc) is 2.03. The maximum atomic E-state index is 2.23. The van der Waals surface area contributed by atoms with Crippen molar-refractivity contribution in [3.8, 4) is 0 Å². The van der Waals surface area contributed by atoms with E-state index in [1.54, 1.807) is 5.57 Å². The maximum Gasteiger partial charge on any atom is -0.0136 e. The van der Waals surface area contributed by atoms with Crippen LogP contribution in [-0.4, -0.2) is 0 Å². The molecule has 0 heteroatoms. The Morgan fingerprint density at radius 3 is 3.10 bits per heavy atom. The summed E-state index contributed by atoms with van der Waals surface area (Å²) in [6.45, 7) is 2.07. The molecule has 1 aliphatic rings. The molecule has 0 nitrogen and oxygen atoms in total. The van der Waals surface area contributed by atoms with Crippen molar-refractivity contribution in [1.82, 2.24) is 0 Å². The van der Waals surface area contributed by atoms with Gasteiger partial charge in [0.25, 0.3) is 0 Å². The second-order valence-corrected chi connectivity index (χ2v) is 2.56. The number of rotatable bonds is 2. The minimum absolute atomic E-state index is 1.14. The van der Waals surface area contributed by atoms with Crippen molar-refractivity contribution < 1.29 is 0 Å². The van der Waals surface area contributed by atoms with E-state index in [9.17, 15) is 0 Å². The van der Waals surface area contributed by atoms with E-state index in [1.165, 1.54) is 12.8 Å². The molecule has 0 fully saturated rings. The van der Waals surface area contributed by atoms with Gasteiger partial charge in [-0.3, -0.25) is 0 Å². The van der Waals surface area contributed by atoms with E-state index in [4.69, 9.17) is 0 Å². The third-order valence-corrected chi connectivity index (χ3v) is 1.72. The van der Waals surface area contributed by atoms with Gasteiger partial charge in [-0.1, -0.05) is 36.0 Å². The van der Waals surface area contributed by atoms with Crippen molar-refractivity contribution in [3.63, 3.8) is 0 Å². The van der Waals surface area contributed by atoms with Crippen LogP contribution in [-0.2, 0) is 0 Å². The van der Waals surface area contributed by atoms with Crippen molar-refractivity contribution in [2.75, 3.05) is 0 Å². The first-order valence-corrected chi connectivity index (χ1v) is 3.89. The summed E-state index contributed by atoms with van der Waals surface area (Å²) >= 11 is 0. The van der Waals surface area contributed by atoms with Gasteiger partial charge in [0.15, 0.2) is 0 Å². The van der Waals surface area contributed by atoms with Crippen LogP contribution in [0.2, 0.25) is 0 Å². The molecule has 0 aliphatic heterocycles. The molecule has 0 radical (unpaired) electrons. The lowest BCUT2D eigenvalue weighted by molar-refractivity contribution is 0.924. The van der Waals surface area contributed by atoms with Crippen molar-refractivity contribution in [1.29, 1.82) is 0 Å². The molecule has 0 aromatic heterocycles. The molecular weight excluding hydrogens is 120 g/mol. The van der Waals surface area contributed by atoms with Gasteiger partial charge in [-0.2, -0.15) is 0 Å². The van der Waals surface area contributed by atoms with Gasteiger partial charge < -0.3 is 0 Å². The SMILES string of the molecule is CC=CCC1=CC=CCC1. The van der Waals surface area contributed by atoms with Crippen LogP contribution in [0.3, 0.4) is 0 Å². The smallest absolute Gasteiger partial charge is 0.0136 e. The van der Waals surface area contributed by atoms with Gasteiger partial charge in [0.05, 0.1) is 0 Å². The molecule has 0 spiro atoms. The van der Waals surface area contributed by atoms with Crippen molar-refractivity contribution in [3.05, 3.63) is 36.0 Å². The Kier molecular flexibility index (Phi) is 3.01. The summed E-state index contributed by atoms with van der Waals surface area (Å²) in [7, 11) is 0. The molecule has 0 aromatic carbocycles. The van der Waals surface area contributed by atoms with Crippen molar-refractivity contribution in [2.45, 2.75) is 26.2 Å². The Labute approximate surface area is 62.9 Å². The van der Waals surface area contributed by atoms with E-state index in [0.29, 0.717) is 0 Å². The topological polar surface area (TPSA) is 0 Å². The lowest BCUT2D eigenvalue weighted by Crippen LogP contribution is -1.84. The number of hydrogen-bond acceptors (Lipinski definition) is 0. The highest BCUT2D eigenvalue weighted by Gasteiger charge is 1.95. The Bertz CT molecular complexity index is 170. The zero-order valence-electron chi connectivity index (χ0n) is 6.51. The summed E-state index contributed by atoms with van der Waals surface area (Å²) in [4.78, 5) is 0. The standard InChI is InChI=1S/C10H14/c1-2-3-7-10-8-5-4-6-9-10/h2-5,8H,6-7,9H2,1H3. The van der Waals surface area contributed by atoms with E-state index in [-0.39, 0.29) is 0 Å². The minimum atomic E-state index is 1.14. The predicted molar refractivity (Wildman–Crippen MR) is 45.9 cm³/mol. The van der Waals surface area contributed by atoms with Crippen LogP contribution in [0.15, 0.2) is 36.0 Å². The molecule has 1 aliphatic carbocycles. The Morgan fingerprint density at radius 1 is 1.60 bits per heavy atom. The molecule has 0 unspecified atom stereocenters. The van der Waals surface area contributed by atoms with Crippen LogP contribution in [0.1, 0.15) is 26.2 Å². The van der Waals surface area contributed by atoms with Crippen LogP contribution < -0.4 is 0 Å². The summed E-state index contributed by atoms with van der Waals surface area (Å²) < 4.78 is 0. The number of allylic oxidation sites excluding steroid dienone is 6. The van der Waals surface area contributed by atoms with E-state index in [0.717, 1.165) is 6.42 Å². The van der Waals surface area contributed by atoms with Crippen LogP contribution in [0, 0.1) is 0 Å². The third-order valence-electron chi connectivity index (χ3n) is 1.72. The summed E-state index contributed by atoms with van der Waals surface area (Å²) in [6, 6.07) is 0. The summed E-state index contributed by atoms with van der Waals surface area (Å²) in [5.41, 5.74) is 1.56. The zero-order valence-corrected chi connectivity index (χ0v) is 6.51. The van der Waals surface area contributed by atoms with Gasteiger partial charge in [0, 0.05) is 0 Å². The summed E-state index contributed by atoms with van der Waals surface area (Å²) in [5.74, 6) is 0. The summed E-state index contributed by atoms with van der Waals surface area (Å²) in [6.07, 6.45) is 14.5. The molecular formula is C10H14. The molecule has 54 valence electrons. The lowest BCUT2D eigenvalue weighted by atomic mass is 10.0. The Balaban J connectivity index is 2.39. The quantitative estimate of drug-likeness (QED) is 0.509. The van der Waals surface area contributed by atoms with E-state index in [2.05, 4.69) is 37.3 Å². The van der Waals surface area contributed by atoms with Gasteiger partial charge in [-0.05, 0) is 26.2 Å². The fraction of sp³-hybridized carbons (Fsp3) is 0.400. The third kappa shape index (κ3) is 2.22. The minimum Gasteiger partial charge on any atom is -0.0913 e. The molecule has 10 heavy (non-hydrogen) atoms. The van der Waals surface area contributed by atoms with Crippen LogP contribution in [0.5, 0.6) is 0 Å². The van der Waals surface area contributed by atoms with Crippen LogP contribution in [0.4, 0.5) is 0 Å². The average molecular weight is 134 g/mol. The molecule has 1 rings (SSSR count). The maximum absolute atomic E-state index is 2.23. The molecule has 0 saturated carbocycles. The van der Waals surface area contributed by atoms with Gasteiger partial charge >= 0.3 is 0 Å². The van der Waals surface area contributed by atoms with Gasteiger partial charge in [-0.25, -0.2) is 0 Å². The van der Waals surface area contributed by atoms with E-state index in [1.807, 2.05) is 0 Å². The van der Waals surface area contributed by atoms with Crippen molar-refractivity contribution >= 4 is 0 Å². The van der Waals surface area contributed by atoms with Crippen LogP contribution >= 0.6 is 0 Å². The van der Waals surface area contributed by atoms with Crippen LogP contribution in [0.25, 0.3) is 0 Å². The zero-order chi connectivity index (χ0) is 7.23. The fourth-order valence-electron chi connectivity index (χ4n) is 1.09. The summed E-state index contributed by atoms with van der Waals surface area (Å²) in [5, 5.41) is 0. The molecule has 0 atom stereocenters. The van der Waals surface area contributed by atoms with Crippen molar-refractivity contribution in [2.24, 2.45) is 0 Å². The first kappa shape index (κ1) is 7.33. The first-order chi connectivity index (χ1) is 4.93. The Hall–Kier alpha value is -0.780. The van der Waals surface area contributed by atoms with Gasteiger partial charge in [0.1, 0.15) is 0 Å². The van der Waals surface area contributed by atoms with E-state index >= 15 is 0 Å². The molecule has 0 N–H and O–H groups in total. The van der Waals surface area contributed by atoms with Gasteiger partial charge in [0.2, 0.25) is 0 Å². The predicted octanol–water partition coefficient (Wildman–Crippen LogP) is 3.23. The highest BCUT2D eigenvalue weighted by atomic mass is 14.0. The lowest BCUT2D eigenvalue weighted by Gasteiger charge is -2.04. The Morgan fingerprint density at radius 2 is 2.50 bits per heavy atom. The second-order valence-electron chi connectivity index (χ2n) is 2.56. The van der Waals surface area contributed by atoms with E-state index < -0.39 is 0 Å². The molecule has 0 saturated heterocycles. The normalized spacial score (nSPS) is 17.9. The van der Waals surface area contributed by atoms with Gasteiger partial charge in [-0.15, -0.1) is 0 Å². The first-order valence-electron chi connectivity index (χ1n) is 3.89. The second kappa shape index (κ2) is 4.10. The fourth-order valence-corrected chi connectivity index (χ4v) is 1.09. The molecule has 0 bridgehead atoms. The molecule has 0 amide bonds. The molecule has 0 heterocycles. The highest BCUT2D eigenvalue weighted by molar-refractivity contribution is 5.19. The number of hydrogen-bond donors (Lipinski definition) is 0. The monoisotopic (exact) mass is 134 g/mol. The highest BCUT2D eigenvalue weighted by Crippen LogP contribution is 2.15. The largest absolute Gasteiger partial charge is 0.0913 e.